The average molecular weight is 549 g/mol. The number of aromatic nitrogens is 1. The lowest BCUT2D eigenvalue weighted by Gasteiger charge is -2.59. The number of aliphatic hydroxyl groups is 2. The van der Waals surface area contributed by atoms with E-state index in [1.807, 2.05) is 0 Å². The molecule has 3 aromatic rings. The van der Waals surface area contributed by atoms with E-state index in [1.165, 1.54) is 24.4 Å². The van der Waals surface area contributed by atoms with Crippen molar-refractivity contribution in [2.24, 2.45) is 11.8 Å². The predicted molar refractivity (Wildman–Crippen MR) is 132 cm³/mol. The van der Waals surface area contributed by atoms with E-state index in [4.69, 9.17) is 11.6 Å². The molecule has 0 spiro atoms. The van der Waals surface area contributed by atoms with Crippen molar-refractivity contribution in [2.45, 2.75) is 41.1 Å². The Morgan fingerprint density at radius 3 is 2.43 bits per heavy atom. The fraction of sp³-hybridized carbons (Fsp3) is 0.308. The topological polar surface area (TPSA) is 117 Å². The van der Waals surface area contributed by atoms with Crippen molar-refractivity contribution in [2.75, 3.05) is 5.32 Å². The molecule has 0 saturated heterocycles. The second-order valence-electron chi connectivity index (χ2n) is 9.54. The average Bonchev–Trinajstić information content (AvgIpc) is 2.90. The zero-order chi connectivity index (χ0) is 26.5. The van der Waals surface area contributed by atoms with E-state index in [0.29, 0.717) is 12.1 Å². The number of carbonyl (C=O) groups excluding carboxylic acids is 1. The van der Waals surface area contributed by atoms with Crippen LogP contribution in [0.2, 0.25) is 5.02 Å². The van der Waals surface area contributed by atoms with Crippen molar-refractivity contribution in [1.29, 1.82) is 0 Å². The van der Waals surface area contributed by atoms with Crippen LogP contribution >= 0.6 is 11.6 Å². The van der Waals surface area contributed by atoms with Crippen molar-refractivity contribution in [3.05, 3.63) is 88.7 Å². The van der Waals surface area contributed by atoms with Crippen LogP contribution in [0.5, 0.6) is 0 Å². The lowest BCUT2D eigenvalue weighted by Crippen LogP contribution is -2.64. The summed E-state index contributed by atoms with van der Waals surface area (Å²) in [4.78, 5) is 16.6. The van der Waals surface area contributed by atoms with Crippen LogP contribution in [0.4, 0.5) is 14.5 Å². The smallest absolute Gasteiger partial charge is 0.255 e. The van der Waals surface area contributed by atoms with Crippen LogP contribution in [0.25, 0.3) is 0 Å². The molecule has 11 heteroatoms. The number of benzene rings is 2. The van der Waals surface area contributed by atoms with E-state index in [9.17, 15) is 32.2 Å². The van der Waals surface area contributed by atoms with Crippen LogP contribution in [0.1, 0.15) is 41.4 Å². The van der Waals surface area contributed by atoms with Gasteiger partial charge in [0.1, 0.15) is 11.7 Å². The van der Waals surface area contributed by atoms with Crippen LogP contribution in [0.15, 0.2) is 65.7 Å². The third-order valence-electron chi connectivity index (χ3n) is 7.49. The minimum Gasteiger partial charge on any atom is -0.386 e. The van der Waals surface area contributed by atoms with E-state index in [-0.39, 0.29) is 34.0 Å². The molecule has 1 amide bonds. The van der Waals surface area contributed by atoms with Gasteiger partial charge in [0, 0.05) is 23.5 Å². The molecule has 1 aromatic heterocycles. The zero-order valence-corrected chi connectivity index (χ0v) is 20.9. The van der Waals surface area contributed by atoms with Crippen molar-refractivity contribution in [1.82, 2.24) is 4.98 Å². The maximum Gasteiger partial charge on any atom is 0.255 e. The fourth-order valence-electron chi connectivity index (χ4n) is 5.49. The van der Waals surface area contributed by atoms with Crippen molar-refractivity contribution in [3.8, 4) is 0 Å². The van der Waals surface area contributed by atoms with E-state index >= 15 is 0 Å². The Labute approximate surface area is 217 Å². The maximum absolute atomic E-state index is 13.6. The Kier molecular flexibility index (Phi) is 6.56. The Hall–Kier alpha value is -2.92. The van der Waals surface area contributed by atoms with Gasteiger partial charge in [0.15, 0.2) is 21.5 Å². The maximum atomic E-state index is 13.6. The van der Waals surface area contributed by atoms with Crippen molar-refractivity contribution >= 4 is 33.0 Å². The normalized spacial score (nSPS) is 25.7. The highest BCUT2D eigenvalue weighted by Gasteiger charge is 2.63. The summed E-state index contributed by atoms with van der Waals surface area (Å²) < 4.78 is 53.8. The Morgan fingerprint density at radius 1 is 1.05 bits per heavy atom. The lowest BCUT2D eigenvalue weighted by atomic mass is 9.51. The Bertz CT molecular complexity index is 1460. The summed E-state index contributed by atoms with van der Waals surface area (Å²) in [6, 6.07) is 11.6. The van der Waals surface area contributed by atoms with Crippen molar-refractivity contribution in [3.63, 3.8) is 0 Å². The van der Waals surface area contributed by atoms with Gasteiger partial charge < -0.3 is 15.5 Å². The number of anilines is 1. The summed E-state index contributed by atoms with van der Waals surface area (Å²) in [7, 11) is -4.01. The molecule has 37 heavy (non-hydrogen) atoms. The third-order valence-corrected chi connectivity index (χ3v) is 10.1. The molecule has 3 fully saturated rings. The van der Waals surface area contributed by atoms with E-state index < -0.39 is 56.2 Å². The summed E-state index contributed by atoms with van der Waals surface area (Å²) in [5.41, 5.74) is -1.18. The van der Waals surface area contributed by atoms with Gasteiger partial charge in [-0.15, -0.1) is 0 Å². The van der Waals surface area contributed by atoms with Crippen LogP contribution < -0.4 is 5.32 Å². The van der Waals surface area contributed by atoms with Gasteiger partial charge in [-0.2, -0.15) is 0 Å². The summed E-state index contributed by atoms with van der Waals surface area (Å²) in [6.45, 7) is 0. The second-order valence-corrected chi connectivity index (χ2v) is 12.1. The van der Waals surface area contributed by atoms with Gasteiger partial charge in [0.25, 0.3) is 5.91 Å². The predicted octanol–water partition coefficient (Wildman–Crippen LogP) is 4.30. The van der Waals surface area contributed by atoms with Gasteiger partial charge in [0.2, 0.25) is 0 Å². The third kappa shape index (κ3) is 4.41. The highest BCUT2D eigenvalue weighted by atomic mass is 35.5. The molecule has 3 aliphatic rings. The SMILES string of the molecule is O=C(Nc1ccc(F)c(F)c1)c1ccc(Cl)c(S(=O)(=O)C2CC3CC(C2)C3(O)[C@@H](O)c2ccccn2)c1. The number of hydrogen-bond acceptors (Lipinski definition) is 6. The van der Waals surface area contributed by atoms with E-state index in [0.717, 1.165) is 18.2 Å². The number of nitrogens with one attached hydrogen (secondary N) is 1. The molecule has 3 saturated carbocycles. The minimum absolute atomic E-state index is 0.00127. The number of nitrogens with zero attached hydrogens (tertiary/aromatic N) is 1. The standard InChI is InChI=1S/C26H23ClF2N2O5S/c27-19-6-4-14(25(33)31-17-5-7-20(28)21(29)13-17)9-23(19)37(35,36)18-11-15-10-16(12-18)26(15,34)24(32)22-3-1-2-8-30-22/h1-9,13,15-16,18,24,32,34H,10-12H2,(H,31,33)/t15?,16?,18?,24-,26?/m0/s1. The molecule has 6 rings (SSSR count). The number of fused-ring (bicyclic) bond motifs is 2. The van der Waals surface area contributed by atoms with Crippen molar-refractivity contribution < 1.29 is 32.2 Å². The number of sulfone groups is 1. The zero-order valence-electron chi connectivity index (χ0n) is 19.3. The first-order valence-corrected chi connectivity index (χ1v) is 13.6. The lowest BCUT2D eigenvalue weighted by molar-refractivity contribution is -0.234. The largest absolute Gasteiger partial charge is 0.386 e. The molecule has 3 N–H and O–H groups in total. The van der Waals surface area contributed by atoms with E-state index in [2.05, 4.69) is 10.3 Å². The van der Waals surface area contributed by atoms with Crippen LogP contribution in [0, 0.1) is 23.5 Å². The molecule has 3 atom stereocenters. The number of halogens is 3. The molecule has 0 aliphatic heterocycles. The number of aliphatic hydroxyl groups excluding tert-OH is 1. The summed E-state index contributed by atoms with van der Waals surface area (Å²) in [5.74, 6) is -3.84. The molecular formula is C26H23ClF2N2O5S. The van der Waals surface area contributed by atoms with Gasteiger partial charge in [0.05, 0.1) is 20.9 Å². The highest BCUT2D eigenvalue weighted by molar-refractivity contribution is 7.92. The number of pyridine rings is 1. The number of rotatable bonds is 6. The van der Waals surface area contributed by atoms with Gasteiger partial charge in [-0.1, -0.05) is 17.7 Å². The number of carbonyl (C=O) groups is 1. The fourth-order valence-corrected chi connectivity index (χ4v) is 7.89. The van der Waals surface area contributed by atoms with Crippen LogP contribution in [-0.4, -0.2) is 40.4 Å². The van der Waals surface area contributed by atoms with Gasteiger partial charge in [-0.25, -0.2) is 17.2 Å². The highest BCUT2D eigenvalue weighted by Crippen LogP contribution is 2.59. The first-order chi connectivity index (χ1) is 17.5. The Balaban J connectivity index is 1.36. The molecule has 2 unspecified atom stereocenters. The Morgan fingerprint density at radius 2 is 1.78 bits per heavy atom. The van der Waals surface area contributed by atoms with Crippen LogP contribution in [0.3, 0.4) is 0 Å². The minimum atomic E-state index is -4.01. The molecule has 7 nitrogen and oxygen atoms in total. The molecular weight excluding hydrogens is 526 g/mol. The van der Waals surface area contributed by atoms with Gasteiger partial charge in [-0.3, -0.25) is 9.78 Å². The van der Waals surface area contributed by atoms with E-state index in [1.54, 1.807) is 18.2 Å². The number of hydrogen-bond donors (Lipinski definition) is 3. The quantitative estimate of drug-likeness (QED) is 0.423. The summed E-state index contributed by atoms with van der Waals surface area (Å²) in [6.07, 6.45) is 1.08. The summed E-state index contributed by atoms with van der Waals surface area (Å²) >= 11 is 6.24. The molecule has 3 aliphatic carbocycles. The summed E-state index contributed by atoms with van der Waals surface area (Å²) in [5, 5.41) is 23.6. The molecule has 2 aromatic carbocycles. The van der Waals surface area contributed by atoms with Gasteiger partial charge in [-0.05, 0) is 73.6 Å². The molecule has 194 valence electrons. The molecule has 1 heterocycles. The first-order valence-electron chi connectivity index (χ1n) is 11.6. The molecule has 2 bridgehead atoms. The van der Waals surface area contributed by atoms with Gasteiger partial charge >= 0.3 is 0 Å². The first kappa shape index (κ1) is 25.7. The molecule has 0 radical (unpaired) electrons. The monoisotopic (exact) mass is 548 g/mol. The number of amides is 1. The second kappa shape index (κ2) is 9.43. The van der Waals surface area contributed by atoms with Crippen LogP contribution in [-0.2, 0) is 9.84 Å².